The topological polar surface area (TPSA) is 33.6 Å². The maximum atomic E-state index is 9.66. The number of aryl methyl sites for hydroxylation is 2. The van der Waals surface area contributed by atoms with Gasteiger partial charge < -0.3 is 9.05 Å². The summed E-state index contributed by atoms with van der Waals surface area (Å²) in [7, 11) is 0. The summed E-state index contributed by atoms with van der Waals surface area (Å²) in [5.41, 5.74) is 11.9. The third-order valence-electron chi connectivity index (χ3n) is 8.22. The number of nitrogens with zero attached hydrogens (tertiary/aromatic N) is 3. The first-order valence-electron chi connectivity index (χ1n) is 12.7. The van der Waals surface area contributed by atoms with Gasteiger partial charge in [0.2, 0.25) is 0 Å². The molecule has 0 unspecified atom stereocenters. The second-order valence-corrected chi connectivity index (χ2v) is 10.2. The highest BCUT2D eigenvalue weighted by atomic mass is 15.0. The summed E-state index contributed by atoms with van der Waals surface area (Å²) < 4.78 is 4.96. The van der Waals surface area contributed by atoms with Crippen LogP contribution in [0.4, 0.5) is 0 Å². The molecule has 0 spiro atoms. The van der Waals surface area contributed by atoms with Gasteiger partial charge in [0.1, 0.15) is 0 Å². The van der Waals surface area contributed by atoms with Crippen LogP contribution in [0.5, 0.6) is 0 Å². The van der Waals surface area contributed by atoms with Gasteiger partial charge in [0, 0.05) is 38.3 Å². The number of benzene rings is 5. The molecule has 2 aromatic heterocycles. The summed E-state index contributed by atoms with van der Waals surface area (Å²) >= 11 is 0. The smallest absolute Gasteiger partial charge is 0.332 e. The first kappa shape index (κ1) is 20.4. The van der Waals surface area contributed by atoms with Crippen LogP contribution < -0.4 is 10.9 Å². The van der Waals surface area contributed by atoms with Crippen LogP contribution in [0, 0.1) is 25.2 Å². The highest BCUT2D eigenvalue weighted by Crippen LogP contribution is 2.37. The van der Waals surface area contributed by atoms with E-state index in [4.69, 9.17) is 0 Å². The maximum absolute atomic E-state index is 9.66. The van der Waals surface area contributed by atoms with E-state index in [9.17, 15) is 5.26 Å². The first-order valence-corrected chi connectivity index (χ1v) is 12.7. The third kappa shape index (κ3) is 2.51. The van der Waals surface area contributed by atoms with E-state index in [-0.39, 0.29) is 6.85 Å². The van der Waals surface area contributed by atoms with Gasteiger partial charge >= 0.3 is 6.85 Å². The fourth-order valence-electron chi connectivity index (χ4n) is 6.76. The molecule has 172 valence electrons. The standard InChI is InChI=1S/C33H22BN3/c1-20-8-5-10-25-26-11-6-9-21(2)32(26)37(31(20)25)34-27-13-3-4-15-29(27)36-30-18-22(19-35)16-17-23(30)24-12-7-14-28(34)33(24)36/h3-18H,1-2H3. The summed E-state index contributed by atoms with van der Waals surface area (Å²) in [6.45, 7) is 4.47. The van der Waals surface area contributed by atoms with Gasteiger partial charge in [-0.3, -0.25) is 0 Å². The molecule has 5 aromatic carbocycles. The van der Waals surface area contributed by atoms with Crippen LogP contribution in [0.2, 0.25) is 0 Å². The zero-order chi connectivity index (χ0) is 24.8. The molecular formula is C33H22BN3. The molecule has 0 bridgehead atoms. The molecule has 3 heterocycles. The first-order chi connectivity index (χ1) is 18.2. The van der Waals surface area contributed by atoms with Crippen LogP contribution in [0.1, 0.15) is 16.7 Å². The molecule has 37 heavy (non-hydrogen) atoms. The number of hydrogen-bond donors (Lipinski definition) is 0. The molecule has 0 N–H and O–H groups in total. The predicted octanol–water partition coefficient (Wildman–Crippen LogP) is 6.35. The van der Waals surface area contributed by atoms with Crippen molar-refractivity contribution in [2.75, 3.05) is 0 Å². The Labute approximate surface area is 214 Å². The van der Waals surface area contributed by atoms with Gasteiger partial charge in [-0.25, -0.2) is 0 Å². The van der Waals surface area contributed by atoms with Crippen LogP contribution in [0.15, 0.2) is 97.1 Å². The van der Waals surface area contributed by atoms with Crippen LogP contribution in [-0.2, 0) is 0 Å². The Bertz CT molecular complexity index is 2080. The second-order valence-electron chi connectivity index (χ2n) is 10.2. The average Bonchev–Trinajstić information content (AvgIpc) is 3.45. The van der Waals surface area contributed by atoms with Crippen molar-refractivity contribution in [3.05, 3.63) is 114 Å². The summed E-state index contributed by atoms with van der Waals surface area (Å²) in [5.74, 6) is 0. The minimum atomic E-state index is 0.0225. The van der Waals surface area contributed by atoms with Gasteiger partial charge in [-0.1, -0.05) is 78.9 Å². The minimum Gasteiger partial charge on any atom is -0.375 e. The van der Waals surface area contributed by atoms with Gasteiger partial charge in [-0.05, 0) is 54.1 Å². The van der Waals surface area contributed by atoms with Gasteiger partial charge in [-0.2, -0.15) is 5.26 Å². The van der Waals surface area contributed by atoms with Gasteiger partial charge in [0.15, 0.2) is 0 Å². The van der Waals surface area contributed by atoms with E-state index in [1.165, 1.54) is 65.8 Å². The van der Waals surface area contributed by atoms with E-state index in [2.05, 4.69) is 114 Å². The Morgan fingerprint density at radius 3 is 1.95 bits per heavy atom. The number of rotatable bonds is 1. The summed E-state index contributed by atoms with van der Waals surface area (Å²) in [6.07, 6.45) is 0. The number of aromatic nitrogens is 2. The Kier molecular flexibility index (Phi) is 3.95. The van der Waals surface area contributed by atoms with E-state index < -0.39 is 0 Å². The van der Waals surface area contributed by atoms with Gasteiger partial charge in [0.25, 0.3) is 0 Å². The highest BCUT2D eigenvalue weighted by molar-refractivity contribution is 6.88. The molecule has 0 fully saturated rings. The lowest BCUT2D eigenvalue weighted by Gasteiger charge is -2.29. The fourth-order valence-corrected chi connectivity index (χ4v) is 6.76. The Balaban J connectivity index is 1.62. The zero-order valence-corrected chi connectivity index (χ0v) is 20.7. The lowest BCUT2D eigenvalue weighted by Crippen LogP contribution is -2.53. The molecule has 0 saturated carbocycles. The van der Waals surface area contributed by atoms with Crippen molar-refractivity contribution < 1.29 is 0 Å². The SMILES string of the molecule is Cc1cccc2c3cccc(C)c3n(B3c4ccccc4-n4c5cc(C#N)ccc5c5cccc3c54)c12. The number of hydrogen-bond acceptors (Lipinski definition) is 1. The van der Waals surface area contributed by atoms with Crippen molar-refractivity contribution in [1.82, 2.24) is 9.05 Å². The van der Waals surface area contributed by atoms with Crippen LogP contribution in [0.25, 0.3) is 49.3 Å². The largest absolute Gasteiger partial charge is 0.375 e. The average molecular weight is 471 g/mol. The van der Waals surface area contributed by atoms with E-state index in [1.807, 2.05) is 12.1 Å². The van der Waals surface area contributed by atoms with Crippen LogP contribution in [0.3, 0.4) is 0 Å². The number of fused-ring (bicyclic) bond motifs is 8. The van der Waals surface area contributed by atoms with E-state index in [0.29, 0.717) is 5.56 Å². The monoisotopic (exact) mass is 471 g/mol. The lowest BCUT2D eigenvalue weighted by atomic mass is 9.48. The predicted molar refractivity (Wildman–Crippen MR) is 155 cm³/mol. The van der Waals surface area contributed by atoms with E-state index in [0.717, 1.165) is 5.52 Å². The van der Waals surface area contributed by atoms with Crippen molar-refractivity contribution in [2.24, 2.45) is 0 Å². The second kappa shape index (κ2) is 7.15. The maximum Gasteiger partial charge on any atom is 0.332 e. The lowest BCUT2D eigenvalue weighted by molar-refractivity contribution is 1.17. The summed E-state index contributed by atoms with van der Waals surface area (Å²) in [5, 5.41) is 14.7. The molecule has 0 amide bonds. The molecule has 0 radical (unpaired) electrons. The van der Waals surface area contributed by atoms with Crippen molar-refractivity contribution >= 4 is 61.4 Å². The molecule has 0 aliphatic carbocycles. The molecule has 8 rings (SSSR count). The molecule has 0 saturated heterocycles. The number of para-hydroxylation sites is 4. The van der Waals surface area contributed by atoms with E-state index in [1.54, 1.807) is 0 Å². The quantitative estimate of drug-likeness (QED) is 0.257. The normalized spacial score (nSPS) is 12.5. The van der Waals surface area contributed by atoms with Gasteiger partial charge in [0.05, 0.1) is 22.7 Å². The van der Waals surface area contributed by atoms with Gasteiger partial charge in [-0.15, -0.1) is 0 Å². The van der Waals surface area contributed by atoms with Crippen molar-refractivity contribution in [3.8, 4) is 11.8 Å². The van der Waals surface area contributed by atoms with Crippen molar-refractivity contribution in [3.63, 3.8) is 0 Å². The molecule has 3 nitrogen and oxygen atoms in total. The summed E-state index contributed by atoms with van der Waals surface area (Å²) in [6, 6.07) is 37.2. The Morgan fingerprint density at radius 1 is 0.622 bits per heavy atom. The zero-order valence-electron chi connectivity index (χ0n) is 20.7. The van der Waals surface area contributed by atoms with Crippen LogP contribution in [-0.4, -0.2) is 15.9 Å². The van der Waals surface area contributed by atoms with Crippen molar-refractivity contribution in [1.29, 1.82) is 5.26 Å². The van der Waals surface area contributed by atoms with Crippen molar-refractivity contribution in [2.45, 2.75) is 13.8 Å². The number of nitriles is 1. The Morgan fingerprint density at radius 2 is 1.24 bits per heavy atom. The molecule has 7 aromatic rings. The molecular weight excluding hydrogens is 449 g/mol. The molecule has 1 aliphatic heterocycles. The molecule has 0 atom stereocenters. The van der Waals surface area contributed by atoms with E-state index >= 15 is 0 Å². The van der Waals surface area contributed by atoms with Crippen LogP contribution >= 0.6 is 0 Å². The molecule has 1 aliphatic rings. The molecule has 4 heteroatoms. The highest BCUT2D eigenvalue weighted by Gasteiger charge is 2.36. The Hall–Kier alpha value is -4.75. The fraction of sp³-hybridized carbons (Fsp3) is 0.0606. The summed E-state index contributed by atoms with van der Waals surface area (Å²) in [4.78, 5) is 0. The minimum absolute atomic E-state index is 0.0225. The third-order valence-corrected chi connectivity index (χ3v) is 8.22.